The van der Waals surface area contributed by atoms with Gasteiger partial charge in [-0.3, -0.25) is 43.7 Å². The van der Waals surface area contributed by atoms with Crippen LogP contribution in [-0.2, 0) is 20.6 Å². The molecule has 3 aliphatic heterocycles. The van der Waals surface area contributed by atoms with Gasteiger partial charge >= 0.3 is 6.18 Å². The molecular formula is C40H39F3N8O7. The molecule has 2 saturated heterocycles. The summed E-state index contributed by atoms with van der Waals surface area (Å²) in [6, 6.07) is 10.5. The van der Waals surface area contributed by atoms with Crippen molar-refractivity contribution in [2.45, 2.75) is 75.7 Å². The topological polar surface area (TPSA) is 185 Å². The number of methoxy groups -OCH3 is 1. The predicted octanol–water partition coefficient (Wildman–Crippen LogP) is 4.63. The maximum atomic E-state index is 13.4. The number of rotatable bonds is 8. The first-order valence-electron chi connectivity index (χ1n) is 19.1. The van der Waals surface area contributed by atoms with Crippen molar-refractivity contribution in [1.29, 1.82) is 0 Å². The number of anilines is 2. The van der Waals surface area contributed by atoms with Crippen molar-refractivity contribution in [2.75, 3.05) is 30.4 Å². The Morgan fingerprint density at radius 2 is 1.64 bits per heavy atom. The van der Waals surface area contributed by atoms with Crippen molar-refractivity contribution in [3.05, 3.63) is 77.2 Å². The average molecular weight is 801 g/mol. The van der Waals surface area contributed by atoms with Crippen LogP contribution in [0.4, 0.5) is 24.5 Å². The molecule has 58 heavy (non-hydrogen) atoms. The number of nitrogens with zero attached hydrogens (tertiary/aromatic N) is 5. The van der Waals surface area contributed by atoms with E-state index in [1.165, 1.54) is 13.2 Å². The number of carbonyl (C=O) groups is 6. The second-order valence-corrected chi connectivity index (χ2v) is 15.0. The summed E-state index contributed by atoms with van der Waals surface area (Å²) in [5.74, 6) is -2.92. The standard InChI is InChI=1S/C40H39F3N8O7/c1-58-32-19-29-22(17-30(32)46-36(54)28-3-2-4-33(45-28)40(41,42)43)20-50(48-29)24-7-5-23(6-8-24)44-35(53)21-13-15-49(16-14-21)25-9-10-26-27(18-25)39(57)51(38(26)56)31-11-12-34(52)47-37(31)55/h2-4,9-10,17-21,23-24,31H,5-8,11-16H2,1H3,(H,44,53)(H,46,54)(H,47,52,55). The molecule has 4 aliphatic rings. The van der Waals surface area contributed by atoms with E-state index in [1.54, 1.807) is 30.3 Å². The lowest BCUT2D eigenvalue weighted by Gasteiger charge is -2.35. The minimum absolute atomic E-state index is 0.00421. The number of nitrogens with one attached hydrogen (secondary N) is 3. The summed E-state index contributed by atoms with van der Waals surface area (Å²) in [5, 5.41) is 13.5. The number of pyridine rings is 1. The van der Waals surface area contributed by atoms with E-state index in [1.807, 2.05) is 10.9 Å². The Balaban J connectivity index is 0.835. The zero-order chi connectivity index (χ0) is 40.9. The molecule has 0 bridgehead atoms. The van der Waals surface area contributed by atoms with Crippen LogP contribution in [0.15, 0.2) is 54.7 Å². The second kappa shape index (κ2) is 15.2. The van der Waals surface area contributed by atoms with Gasteiger partial charge in [-0.25, -0.2) is 4.98 Å². The van der Waals surface area contributed by atoms with Crippen LogP contribution in [0, 0.1) is 5.92 Å². The highest BCUT2D eigenvalue weighted by molar-refractivity contribution is 6.23. The number of benzene rings is 2. The summed E-state index contributed by atoms with van der Waals surface area (Å²) in [6.07, 6.45) is 1.53. The molecule has 0 radical (unpaired) electrons. The lowest BCUT2D eigenvalue weighted by Crippen LogP contribution is -2.54. The molecule has 15 nitrogen and oxygen atoms in total. The Kier molecular flexibility index (Phi) is 10.1. The molecule has 2 aromatic carbocycles. The number of carbonyl (C=O) groups excluding carboxylic acids is 6. The number of imide groups is 2. The summed E-state index contributed by atoms with van der Waals surface area (Å²) >= 11 is 0. The predicted molar refractivity (Wildman–Crippen MR) is 201 cm³/mol. The van der Waals surface area contributed by atoms with E-state index in [0.717, 1.165) is 48.4 Å². The van der Waals surface area contributed by atoms with Gasteiger partial charge in [0.15, 0.2) is 0 Å². The van der Waals surface area contributed by atoms with E-state index in [9.17, 15) is 41.9 Å². The molecular weight excluding hydrogens is 761 g/mol. The van der Waals surface area contributed by atoms with Crippen molar-refractivity contribution in [3.8, 4) is 5.75 Å². The monoisotopic (exact) mass is 800 g/mol. The number of hydrogen-bond acceptors (Lipinski definition) is 10. The van der Waals surface area contributed by atoms with Crippen molar-refractivity contribution >= 4 is 57.7 Å². The Morgan fingerprint density at radius 1 is 0.897 bits per heavy atom. The Bertz CT molecular complexity index is 2350. The van der Waals surface area contributed by atoms with Gasteiger partial charge in [0.2, 0.25) is 17.7 Å². The van der Waals surface area contributed by atoms with Crippen LogP contribution in [0.3, 0.4) is 0 Å². The van der Waals surface area contributed by atoms with Crippen molar-refractivity contribution in [3.63, 3.8) is 0 Å². The van der Waals surface area contributed by atoms with Gasteiger partial charge in [-0.05, 0) is 81.3 Å². The fourth-order valence-electron chi connectivity index (χ4n) is 8.29. The summed E-state index contributed by atoms with van der Waals surface area (Å²) < 4.78 is 46.8. The van der Waals surface area contributed by atoms with Crippen LogP contribution in [-0.4, -0.2) is 87.4 Å². The molecule has 1 unspecified atom stereocenters. The molecule has 1 atom stereocenters. The normalized spacial score (nSPS) is 21.6. The average Bonchev–Trinajstić information content (AvgIpc) is 3.74. The largest absolute Gasteiger partial charge is 0.494 e. The van der Waals surface area contributed by atoms with Gasteiger partial charge in [0.05, 0.1) is 35.5 Å². The smallest absolute Gasteiger partial charge is 0.433 e. The minimum Gasteiger partial charge on any atom is -0.494 e. The Morgan fingerprint density at radius 3 is 2.34 bits per heavy atom. The van der Waals surface area contributed by atoms with E-state index in [2.05, 4.69) is 25.8 Å². The third kappa shape index (κ3) is 7.45. The van der Waals surface area contributed by atoms with Gasteiger partial charge in [0.1, 0.15) is 23.2 Å². The van der Waals surface area contributed by atoms with Crippen molar-refractivity contribution < 1.29 is 46.7 Å². The highest BCUT2D eigenvalue weighted by Crippen LogP contribution is 2.36. The first kappa shape index (κ1) is 38.5. The summed E-state index contributed by atoms with van der Waals surface area (Å²) in [6.45, 7) is 1.15. The number of ether oxygens (including phenoxy) is 1. The van der Waals surface area contributed by atoms with Gasteiger partial charge < -0.3 is 20.3 Å². The first-order chi connectivity index (χ1) is 27.8. The van der Waals surface area contributed by atoms with Crippen molar-refractivity contribution in [2.24, 2.45) is 5.92 Å². The minimum atomic E-state index is -4.69. The van der Waals surface area contributed by atoms with Gasteiger partial charge in [-0.2, -0.15) is 18.3 Å². The van der Waals surface area contributed by atoms with Crippen LogP contribution in [0.1, 0.15) is 94.3 Å². The van der Waals surface area contributed by atoms with Gasteiger partial charge in [0, 0.05) is 54.8 Å². The van der Waals surface area contributed by atoms with E-state index in [4.69, 9.17) is 9.84 Å². The van der Waals surface area contributed by atoms with E-state index in [-0.39, 0.29) is 59.3 Å². The number of amides is 6. The molecule has 1 saturated carbocycles. The fraction of sp³-hybridized carbons (Fsp3) is 0.400. The zero-order valence-electron chi connectivity index (χ0n) is 31.3. The molecule has 4 aromatic rings. The number of aromatic nitrogens is 3. The molecule has 6 amide bonds. The lowest BCUT2D eigenvalue weighted by molar-refractivity contribution is -0.141. The number of alkyl halides is 3. The van der Waals surface area contributed by atoms with Crippen molar-refractivity contribution in [1.82, 2.24) is 30.3 Å². The SMILES string of the molecule is COc1cc2nn(C3CCC(NC(=O)C4CCN(c5ccc6c(c5)C(=O)N(C5CCC(=O)NC5=O)C6=O)CC4)CC3)cc2cc1NC(=O)c1cccc(C(F)(F)F)n1. The lowest BCUT2D eigenvalue weighted by atomic mass is 9.89. The number of piperidine rings is 2. The molecule has 3 fully saturated rings. The maximum absolute atomic E-state index is 13.4. The summed E-state index contributed by atoms with van der Waals surface area (Å²) in [5.41, 5.74) is 0.497. The molecule has 0 spiro atoms. The first-order valence-corrected chi connectivity index (χ1v) is 19.1. The molecule has 18 heteroatoms. The fourth-order valence-corrected chi connectivity index (χ4v) is 8.29. The van der Waals surface area contributed by atoms with Crippen LogP contribution in [0.2, 0.25) is 0 Å². The molecule has 3 N–H and O–H groups in total. The molecule has 2 aromatic heterocycles. The third-order valence-corrected chi connectivity index (χ3v) is 11.4. The maximum Gasteiger partial charge on any atom is 0.433 e. The molecule has 1 aliphatic carbocycles. The van der Waals surface area contributed by atoms with E-state index >= 15 is 0 Å². The highest BCUT2D eigenvalue weighted by Gasteiger charge is 2.45. The van der Waals surface area contributed by atoms with Crippen LogP contribution < -0.4 is 25.6 Å². The van der Waals surface area contributed by atoms with E-state index in [0.29, 0.717) is 36.8 Å². The van der Waals surface area contributed by atoms with E-state index < -0.39 is 53.1 Å². The quantitative estimate of drug-likeness (QED) is 0.213. The third-order valence-electron chi connectivity index (χ3n) is 11.4. The second-order valence-electron chi connectivity index (χ2n) is 15.0. The number of halogens is 3. The molecule has 8 rings (SSSR count). The Labute approximate surface area is 329 Å². The van der Waals surface area contributed by atoms with Crippen LogP contribution in [0.5, 0.6) is 5.75 Å². The van der Waals surface area contributed by atoms with Crippen LogP contribution in [0.25, 0.3) is 10.9 Å². The summed E-state index contributed by atoms with van der Waals surface area (Å²) in [4.78, 5) is 83.1. The van der Waals surface area contributed by atoms with Gasteiger partial charge in [-0.15, -0.1) is 0 Å². The Hall–Kier alpha value is -6.33. The zero-order valence-corrected chi connectivity index (χ0v) is 31.3. The summed E-state index contributed by atoms with van der Waals surface area (Å²) in [7, 11) is 1.41. The van der Waals surface area contributed by atoms with Crippen LogP contribution >= 0.6 is 0 Å². The molecule has 302 valence electrons. The highest BCUT2D eigenvalue weighted by atomic mass is 19.4. The van der Waals surface area contributed by atoms with Gasteiger partial charge in [-0.1, -0.05) is 6.07 Å². The van der Waals surface area contributed by atoms with Gasteiger partial charge in [0.25, 0.3) is 17.7 Å². The molecule has 5 heterocycles. The number of hydrogen-bond donors (Lipinski definition) is 3. The number of fused-ring (bicyclic) bond motifs is 2.